The highest BCUT2D eigenvalue weighted by Crippen LogP contribution is 2.39. The Hall–Kier alpha value is -1.82. The molecule has 0 bridgehead atoms. The molecule has 0 heterocycles. The molecule has 0 aliphatic rings. The van der Waals surface area contributed by atoms with Crippen molar-refractivity contribution in [3.63, 3.8) is 0 Å². The number of esters is 1. The van der Waals surface area contributed by atoms with Crippen LogP contribution in [0.3, 0.4) is 0 Å². The predicted molar refractivity (Wildman–Crippen MR) is 80.5 cm³/mol. The Kier molecular flexibility index (Phi) is 4.90. The summed E-state index contributed by atoms with van der Waals surface area (Å²) in [6, 6.07) is 9.94. The molecule has 22 heavy (non-hydrogen) atoms. The molecular formula is C16H12BrF3O2. The molecule has 2 aromatic rings. The van der Waals surface area contributed by atoms with Crippen molar-refractivity contribution in [3.05, 3.63) is 58.1 Å². The average Bonchev–Trinajstić information content (AvgIpc) is 2.46. The molecule has 2 rings (SSSR count). The van der Waals surface area contributed by atoms with Gasteiger partial charge in [0, 0.05) is 4.47 Å². The fourth-order valence-corrected chi connectivity index (χ4v) is 2.45. The van der Waals surface area contributed by atoms with Crippen LogP contribution in [0.1, 0.15) is 22.8 Å². The van der Waals surface area contributed by atoms with Gasteiger partial charge in [-0.05, 0) is 36.2 Å². The molecule has 0 aliphatic carbocycles. The van der Waals surface area contributed by atoms with Gasteiger partial charge in [0.25, 0.3) is 0 Å². The third-order valence-corrected chi connectivity index (χ3v) is 3.49. The van der Waals surface area contributed by atoms with Gasteiger partial charge in [-0.2, -0.15) is 13.2 Å². The van der Waals surface area contributed by atoms with Crippen molar-refractivity contribution in [2.45, 2.75) is 13.1 Å². The molecule has 0 unspecified atom stereocenters. The molecule has 0 spiro atoms. The number of rotatable bonds is 3. The maximum absolute atomic E-state index is 13.3. The molecule has 0 N–H and O–H groups in total. The van der Waals surface area contributed by atoms with Crippen molar-refractivity contribution in [2.75, 3.05) is 6.61 Å². The highest BCUT2D eigenvalue weighted by Gasteiger charge is 2.34. The summed E-state index contributed by atoms with van der Waals surface area (Å²) < 4.78 is 45.0. The number of ether oxygens (including phenoxy) is 1. The van der Waals surface area contributed by atoms with E-state index in [1.54, 1.807) is 19.1 Å². The third-order valence-electron chi connectivity index (χ3n) is 3.00. The van der Waals surface area contributed by atoms with Crippen molar-refractivity contribution >= 4 is 21.9 Å². The number of carbonyl (C=O) groups is 1. The lowest BCUT2D eigenvalue weighted by atomic mass is 9.95. The van der Waals surface area contributed by atoms with Crippen molar-refractivity contribution in [2.24, 2.45) is 0 Å². The lowest BCUT2D eigenvalue weighted by Crippen LogP contribution is -2.10. The fourth-order valence-electron chi connectivity index (χ4n) is 2.09. The van der Waals surface area contributed by atoms with E-state index in [0.717, 1.165) is 6.07 Å². The Labute approximate surface area is 134 Å². The van der Waals surface area contributed by atoms with E-state index in [1.165, 1.54) is 24.3 Å². The number of halogens is 4. The van der Waals surface area contributed by atoms with Crippen LogP contribution in [0.25, 0.3) is 11.1 Å². The Balaban J connectivity index is 2.65. The van der Waals surface area contributed by atoms with E-state index in [1.807, 2.05) is 0 Å². The van der Waals surface area contributed by atoms with E-state index in [4.69, 9.17) is 4.74 Å². The van der Waals surface area contributed by atoms with E-state index >= 15 is 0 Å². The van der Waals surface area contributed by atoms with Crippen LogP contribution in [0.15, 0.2) is 46.9 Å². The summed E-state index contributed by atoms with van der Waals surface area (Å²) in [5.41, 5.74) is -0.559. The second kappa shape index (κ2) is 6.52. The van der Waals surface area contributed by atoms with Crippen LogP contribution in [0.2, 0.25) is 0 Å². The molecule has 0 atom stereocenters. The van der Waals surface area contributed by atoms with Gasteiger partial charge in [0.15, 0.2) is 0 Å². The maximum Gasteiger partial charge on any atom is 0.417 e. The van der Waals surface area contributed by atoms with Crippen molar-refractivity contribution in [3.8, 4) is 11.1 Å². The van der Waals surface area contributed by atoms with Gasteiger partial charge in [-0.1, -0.05) is 40.2 Å². The number of hydrogen-bond donors (Lipinski definition) is 0. The molecule has 2 nitrogen and oxygen atoms in total. The molecule has 0 aromatic heterocycles. The number of alkyl halides is 3. The predicted octanol–water partition coefficient (Wildman–Crippen LogP) is 5.31. The number of carbonyl (C=O) groups excluding carboxylic acids is 1. The number of hydrogen-bond acceptors (Lipinski definition) is 2. The van der Waals surface area contributed by atoms with Crippen LogP contribution in [-0.4, -0.2) is 12.6 Å². The van der Waals surface area contributed by atoms with Crippen molar-refractivity contribution in [1.82, 2.24) is 0 Å². The summed E-state index contributed by atoms with van der Waals surface area (Å²) in [5, 5.41) is 0. The quantitative estimate of drug-likeness (QED) is 0.682. The summed E-state index contributed by atoms with van der Waals surface area (Å²) in [6.45, 7) is 1.79. The van der Waals surface area contributed by atoms with Gasteiger partial charge in [-0.25, -0.2) is 4.79 Å². The molecule has 116 valence electrons. The smallest absolute Gasteiger partial charge is 0.417 e. The van der Waals surface area contributed by atoms with Crippen LogP contribution < -0.4 is 0 Å². The van der Waals surface area contributed by atoms with E-state index in [9.17, 15) is 18.0 Å². The highest BCUT2D eigenvalue weighted by molar-refractivity contribution is 9.10. The SMILES string of the molecule is CCOC(=O)c1ccccc1-c1ccc(Br)cc1C(F)(F)F. The zero-order valence-electron chi connectivity index (χ0n) is 11.6. The average molecular weight is 373 g/mol. The van der Waals surface area contributed by atoms with Crippen LogP contribution in [0.5, 0.6) is 0 Å². The minimum absolute atomic E-state index is 0.0562. The van der Waals surface area contributed by atoms with Gasteiger partial charge >= 0.3 is 12.1 Å². The van der Waals surface area contributed by atoms with Crippen LogP contribution in [-0.2, 0) is 10.9 Å². The zero-order chi connectivity index (χ0) is 16.3. The normalized spacial score (nSPS) is 11.3. The molecule has 0 amide bonds. The maximum atomic E-state index is 13.3. The van der Waals surface area contributed by atoms with Crippen molar-refractivity contribution < 1.29 is 22.7 Å². The topological polar surface area (TPSA) is 26.3 Å². The van der Waals surface area contributed by atoms with E-state index in [0.29, 0.717) is 4.47 Å². The standard InChI is InChI=1S/C16H12BrF3O2/c1-2-22-15(21)13-6-4-3-5-11(13)12-8-7-10(17)9-14(12)16(18,19)20/h3-9H,2H2,1H3. The Morgan fingerprint density at radius 3 is 2.45 bits per heavy atom. The van der Waals surface area contributed by atoms with Crippen LogP contribution in [0, 0.1) is 0 Å². The van der Waals surface area contributed by atoms with E-state index in [2.05, 4.69) is 15.9 Å². The first kappa shape index (κ1) is 16.5. The summed E-state index contributed by atoms with van der Waals surface area (Å²) in [5.74, 6) is -0.644. The Bertz CT molecular complexity index is 696. The minimum Gasteiger partial charge on any atom is -0.462 e. The zero-order valence-corrected chi connectivity index (χ0v) is 13.2. The number of benzene rings is 2. The lowest BCUT2D eigenvalue weighted by molar-refractivity contribution is -0.137. The molecular weight excluding hydrogens is 361 g/mol. The van der Waals surface area contributed by atoms with E-state index in [-0.39, 0.29) is 23.3 Å². The molecule has 0 fully saturated rings. The fraction of sp³-hybridized carbons (Fsp3) is 0.188. The van der Waals surface area contributed by atoms with Crippen LogP contribution >= 0.6 is 15.9 Å². The lowest BCUT2D eigenvalue weighted by Gasteiger charge is -2.15. The summed E-state index contributed by atoms with van der Waals surface area (Å²) >= 11 is 3.04. The first-order valence-electron chi connectivity index (χ1n) is 6.48. The Morgan fingerprint density at radius 2 is 1.82 bits per heavy atom. The van der Waals surface area contributed by atoms with Crippen molar-refractivity contribution in [1.29, 1.82) is 0 Å². The molecule has 6 heteroatoms. The van der Waals surface area contributed by atoms with E-state index < -0.39 is 17.7 Å². The second-order valence-corrected chi connectivity index (χ2v) is 5.37. The molecule has 0 saturated heterocycles. The monoisotopic (exact) mass is 372 g/mol. The van der Waals surface area contributed by atoms with Crippen LogP contribution in [0.4, 0.5) is 13.2 Å². The molecule has 0 saturated carbocycles. The minimum atomic E-state index is -4.53. The Morgan fingerprint density at radius 1 is 1.14 bits per heavy atom. The molecule has 0 radical (unpaired) electrons. The summed E-state index contributed by atoms with van der Waals surface area (Å²) in [7, 11) is 0. The highest BCUT2D eigenvalue weighted by atomic mass is 79.9. The summed E-state index contributed by atoms with van der Waals surface area (Å²) in [4.78, 5) is 12.0. The van der Waals surface area contributed by atoms with Gasteiger partial charge in [-0.15, -0.1) is 0 Å². The molecule has 0 aliphatic heterocycles. The largest absolute Gasteiger partial charge is 0.462 e. The van der Waals surface area contributed by atoms with Gasteiger partial charge in [-0.3, -0.25) is 0 Å². The first-order chi connectivity index (χ1) is 10.3. The van der Waals surface area contributed by atoms with Gasteiger partial charge in [0.05, 0.1) is 17.7 Å². The second-order valence-electron chi connectivity index (χ2n) is 4.45. The molecule has 2 aromatic carbocycles. The van der Waals surface area contributed by atoms with Gasteiger partial charge < -0.3 is 4.74 Å². The third kappa shape index (κ3) is 3.50. The van der Waals surface area contributed by atoms with Gasteiger partial charge in [0.2, 0.25) is 0 Å². The first-order valence-corrected chi connectivity index (χ1v) is 7.27. The summed E-state index contributed by atoms with van der Waals surface area (Å²) in [6.07, 6.45) is -4.53. The van der Waals surface area contributed by atoms with Gasteiger partial charge in [0.1, 0.15) is 0 Å².